The predicted octanol–water partition coefficient (Wildman–Crippen LogP) is 1.91. The first-order chi connectivity index (χ1) is 8.59. The first kappa shape index (κ1) is 12.4. The molecule has 0 aliphatic heterocycles. The van der Waals surface area contributed by atoms with E-state index in [1.54, 1.807) is 6.20 Å². The lowest BCUT2D eigenvalue weighted by Gasteiger charge is -2.03. The fourth-order valence-electron chi connectivity index (χ4n) is 1.76. The molecule has 0 unspecified atom stereocenters. The van der Waals surface area contributed by atoms with Gasteiger partial charge in [0.05, 0.1) is 0 Å². The van der Waals surface area contributed by atoms with Crippen LogP contribution in [0, 0.1) is 0 Å². The van der Waals surface area contributed by atoms with E-state index in [4.69, 9.17) is 4.42 Å². The fraction of sp³-hybridized carbons (Fsp3) is 0.385. The van der Waals surface area contributed by atoms with Gasteiger partial charge in [-0.2, -0.15) is 0 Å². The molecular weight excluding hydrogens is 232 g/mol. The summed E-state index contributed by atoms with van der Waals surface area (Å²) in [4.78, 5) is 15.8. The van der Waals surface area contributed by atoms with E-state index in [2.05, 4.69) is 4.98 Å². The summed E-state index contributed by atoms with van der Waals surface area (Å²) in [6.45, 7) is 4.08. The molecule has 0 saturated heterocycles. The molecule has 5 nitrogen and oxygen atoms in total. The second-order valence-corrected chi connectivity index (χ2v) is 4.43. The average Bonchev–Trinajstić information content (AvgIpc) is 2.64. The maximum absolute atomic E-state index is 11.6. The van der Waals surface area contributed by atoms with Crippen molar-refractivity contribution in [3.8, 4) is 5.88 Å². The Morgan fingerprint density at radius 3 is 2.78 bits per heavy atom. The zero-order valence-electron chi connectivity index (χ0n) is 10.5. The van der Waals surface area contributed by atoms with Gasteiger partial charge in [0.25, 0.3) is 0 Å². The van der Waals surface area contributed by atoms with Gasteiger partial charge in [0, 0.05) is 30.8 Å². The Balaban J connectivity index is 2.18. The van der Waals surface area contributed by atoms with Crippen molar-refractivity contribution in [1.29, 1.82) is 0 Å². The molecule has 96 valence electrons. The summed E-state index contributed by atoms with van der Waals surface area (Å²) in [5.41, 5.74) is 0.871. The minimum atomic E-state index is -0.521. The van der Waals surface area contributed by atoms with E-state index < -0.39 is 5.76 Å². The lowest BCUT2D eigenvalue weighted by Crippen LogP contribution is -2.15. The second-order valence-electron chi connectivity index (χ2n) is 4.43. The van der Waals surface area contributed by atoms with Gasteiger partial charge in [0.2, 0.25) is 5.88 Å². The highest BCUT2D eigenvalue weighted by Gasteiger charge is 2.18. The Labute approximate surface area is 105 Å². The van der Waals surface area contributed by atoms with E-state index in [9.17, 15) is 9.90 Å². The van der Waals surface area contributed by atoms with Crippen LogP contribution in [0.25, 0.3) is 0 Å². The fourth-order valence-corrected chi connectivity index (χ4v) is 1.76. The standard InChI is InChI=1S/C13H16N2O3/c1-9(2)11-12(16)15(13(17)18-11)8-6-10-5-3-4-7-14-10/h3-5,7,9,16H,6,8H2,1-2H3. The van der Waals surface area contributed by atoms with Gasteiger partial charge in [-0.05, 0) is 12.1 Å². The van der Waals surface area contributed by atoms with Crippen molar-refractivity contribution in [2.45, 2.75) is 32.7 Å². The van der Waals surface area contributed by atoms with Crippen molar-refractivity contribution in [2.24, 2.45) is 0 Å². The molecule has 2 heterocycles. The summed E-state index contributed by atoms with van der Waals surface area (Å²) in [5.74, 6) is -0.284. The highest BCUT2D eigenvalue weighted by atomic mass is 16.4. The van der Waals surface area contributed by atoms with Crippen LogP contribution in [0.4, 0.5) is 0 Å². The third-order valence-corrected chi connectivity index (χ3v) is 2.74. The van der Waals surface area contributed by atoms with Gasteiger partial charge in [0.15, 0.2) is 5.76 Å². The molecule has 18 heavy (non-hydrogen) atoms. The van der Waals surface area contributed by atoms with Gasteiger partial charge in [0.1, 0.15) is 0 Å². The van der Waals surface area contributed by atoms with Crippen molar-refractivity contribution in [3.05, 3.63) is 46.4 Å². The highest BCUT2D eigenvalue weighted by Crippen LogP contribution is 2.23. The van der Waals surface area contributed by atoms with Crippen molar-refractivity contribution < 1.29 is 9.52 Å². The van der Waals surface area contributed by atoms with Crippen LogP contribution < -0.4 is 5.76 Å². The zero-order valence-corrected chi connectivity index (χ0v) is 10.5. The van der Waals surface area contributed by atoms with Gasteiger partial charge in [-0.25, -0.2) is 9.36 Å². The van der Waals surface area contributed by atoms with Gasteiger partial charge in [-0.15, -0.1) is 0 Å². The predicted molar refractivity (Wildman–Crippen MR) is 66.7 cm³/mol. The van der Waals surface area contributed by atoms with Crippen molar-refractivity contribution in [1.82, 2.24) is 9.55 Å². The summed E-state index contributed by atoms with van der Waals surface area (Å²) >= 11 is 0. The van der Waals surface area contributed by atoms with Crippen LogP contribution in [0.1, 0.15) is 31.2 Å². The van der Waals surface area contributed by atoms with E-state index in [0.29, 0.717) is 18.7 Å². The number of hydrogen-bond acceptors (Lipinski definition) is 4. The van der Waals surface area contributed by atoms with Gasteiger partial charge in [-0.1, -0.05) is 19.9 Å². The van der Waals surface area contributed by atoms with Crippen molar-refractivity contribution in [3.63, 3.8) is 0 Å². The molecule has 1 N–H and O–H groups in total. The maximum Gasteiger partial charge on any atom is 0.422 e. The number of aryl methyl sites for hydroxylation is 1. The van der Waals surface area contributed by atoms with E-state index >= 15 is 0 Å². The van der Waals surface area contributed by atoms with Crippen LogP contribution in [0.5, 0.6) is 5.88 Å². The maximum atomic E-state index is 11.6. The van der Waals surface area contributed by atoms with E-state index in [1.165, 1.54) is 4.57 Å². The number of aromatic nitrogens is 2. The van der Waals surface area contributed by atoms with Gasteiger partial charge < -0.3 is 9.52 Å². The molecule has 0 radical (unpaired) electrons. The lowest BCUT2D eigenvalue weighted by molar-refractivity contribution is 0.400. The van der Waals surface area contributed by atoms with Crippen LogP contribution in [0.15, 0.2) is 33.6 Å². The van der Waals surface area contributed by atoms with Gasteiger partial charge >= 0.3 is 5.76 Å². The summed E-state index contributed by atoms with van der Waals surface area (Å²) in [6, 6.07) is 5.60. The topological polar surface area (TPSA) is 68.3 Å². The number of rotatable bonds is 4. The molecule has 2 rings (SSSR count). The second kappa shape index (κ2) is 5.08. The van der Waals surface area contributed by atoms with E-state index in [1.807, 2.05) is 32.0 Å². The van der Waals surface area contributed by atoms with Gasteiger partial charge in [-0.3, -0.25) is 4.98 Å². The van der Waals surface area contributed by atoms with Crippen molar-refractivity contribution >= 4 is 0 Å². The van der Waals surface area contributed by atoms with Crippen LogP contribution in [-0.4, -0.2) is 14.7 Å². The molecule has 0 aliphatic rings. The molecule has 0 aromatic carbocycles. The lowest BCUT2D eigenvalue weighted by atomic mass is 10.2. The normalized spacial score (nSPS) is 11.1. The molecule has 0 bridgehead atoms. The van der Waals surface area contributed by atoms with E-state index in [-0.39, 0.29) is 11.8 Å². The summed E-state index contributed by atoms with van der Waals surface area (Å²) in [6.07, 6.45) is 2.28. The number of nitrogens with zero attached hydrogens (tertiary/aromatic N) is 2. The third kappa shape index (κ3) is 2.45. The average molecular weight is 248 g/mol. The van der Waals surface area contributed by atoms with E-state index in [0.717, 1.165) is 5.69 Å². The molecule has 0 fully saturated rings. The Morgan fingerprint density at radius 1 is 1.44 bits per heavy atom. The number of pyridine rings is 1. The first-order valence-electron chi connectivity index (χ1n) is 5.92. The summed E-state index contributed by atoms with van der Waals surface area (Å²) in [5, 5.41) is 9.91. The number of hydrogen-bond donors (Lipinski definition) is 1. The van der Waals surface area contributed by atoms with Crippen LogP contribution in [0.3, 0.4) is 0 Å². The quantitative estimate of drug-likeness (QED) is 0.897. The Hall–Kier alpha value is -2.04. The Kier molecular flexibility index (Phi) is 3.50. The molecule has 0 spiro atoms. The minimum absolute atomic E-state index is 0.0196. The van der Waals surface area contributed by atoms with Crippen molar-refractivity contribution in [2.75, 3.05) is 0 Å². The molecule has 2 aromatic rings. The Morgan fingerprint density at radius 2 is 2.22 bits per heavy atom. The largest absolute Gasteiger partial charge is 0.492 e. The van der Waals surface area contributed by atoms with Crippen LogP contribution >= 0.6 is 0 Å². The zero-order chi connectivity index (χ0) is 13.1. The minimum Gasteiger partial charge on any atom is -0.492 e. The van der Waals surface area contributed by atoms with Crippen LogP contribution in [-0.2, 0) is 13.0 Å². The molecular formula is C13H16N2O3. The monoisotopic (exact) mass is 248 g/mol. The molecule has 0 saturated carbocycles. The Bertz CT molecular complexity index is 570. The molecule has 0 aliphatic carbocycles. The highest BCUT2D eigenvalue weighted by molar-refractivity contribution is 5.18. The summed E-state index contributed by atoms with van der Waals surface area (Å²) < 4.78 is 6.27. The summed E-state index contributed by atoms with van der Waals surface area (Å²) in [7, 11) is 0. The molecule has 2 aromatic heterocycles. The van der Waals surface area contributed by atoms with Crippen LogP contribution in [0.2, 0.25) is 0 Å². The first-order valence-corrected chi connectivity index (χ1v) is 5.92. The molecule has 0 atom stereocenters. The smallest absolute Gasteiger partial charge is 0.422 e. The SMILES string of the molecule is CC(C)c1oc(=O)n(CCc2ccccn2)c1O. The number of aromatic hydroxyl groups is 1. The number of oxazole rings is 1. The molecule has 5 heteroatoms. The molecule has 0 amide bonds. The third-order valence-electron chi connectivity index (χ3n) is 2.74.